The molecule has 18 heavy (non-hydrogen) atoms. The number of hydrogen-bond acceptors (Lipinski definition) is 3. The van der Waals surface area contributed by atoms with Gasteiger partial charge in [-0.2, -0.15) is 0 Å². The lowest BCUT2D eigenvalue weighted by atomic mass is 10.1. The molecule has 1 amide bonds. The van der Waals surface area contributed by atoms with Gasteiger partial charge >= 0.3 is 0 Å². The molecule has 1 heterocycles. The Morgan fingerprint density at radius 1 is 1.22 bits per heavy atom. The van der Waals surface area contributed by atoms with Gasteiger partial charge in [0.1, 0.15) is 0 Å². The summed E-state index contributed by atoms with van der Waals surface area (Å²) in [5.41, 5.74) is 2.32. The summed E-state index contributed by atoms with van der Waals surface area (Å²) in [6, 6.07) is 5.49. The summed E-state index contributed by atoms with van der Waals surface area (Å²) < 4.78 is 0. The number of fused-ring (bicyclic) bond motifs is 1. The molecule has 0 saturated heterocycles. The Bertz CT molecular complexity index is 571. The smallest absolute Gasteiger partial charge is 0.238 e. The maximum absolute atomic E-state index is 11.9. The summed E-state index contributed by atoms with van der Waals surface area (Å²) in [6.45, 7) is 3.98. The zero-order valence-electron chi connectivity index (χ0n) is 10.2. The van der Waals surface area contributed by atoms with E-state index in [2.05, 4.69) is 31.2 Å². The van der Waals surface area contributed by atoms with Gasteiger partial charge in [0.15, 0.2) is 0 Å². The number of halogens is 1. The highest BCUT2D eigenvalue weighted by molar-refractivity contribution is 9.10. The third kappa shape index (κ3) is 2.85. The Morgan fingerprint density at radius 2 is 1.89 bits per heavy atom. The minimum absolute atomic E-state index is 0.0479. The lowest BCUT2D eigenvalue weighted by Crippen LogP contribution is -2.26. The van der Waals surface area contributed by atoms with Crippen molar-refractivity contribution in [3.05, 3.63) is 30.6 Å². The largest absolute Gasteiger partial charge is 0.325 e. The van der Waals surface area contributed by atoms with Crippen LogP contribution in [0, 0.1) is 5.92 Å². The average molecular weight is 308 g/mol. The van der Waals surface area contributed by atoms with E-state index >= 15 is 0 Å². The first-order valence-electron chi connectivity index (χ1n) is 5.73. The fourth-order valence-electron chi connectivity index (χ4n) is 1.55. The third-order valence-electron chi connectivity index (χ3n) is 2.57. The maximum atomic E-state index is 11.9. The predicted molar refractivity (Wildman–Crippen MR) is 75.7 cm³/mol. The third-order valence-corrected chi connectivity index (χ3v) is 4.05. The minimum Gasteiger partial charge on any atom is -0.325 e. The van der Waals surface area contributed by atoms with Crippen LogP contribution < -0.4 is 5.32 Å². The van der Waals surface area contributed by atoms with Gasteiger partial charge in [0.05, 0.1) is 15.9 Å². The molecule has 1 atom stereocenters. The molecule has 0 bridgehead atoms. The second kappa shape index (κ2) is 5.44. The SMILES string of the molecule is CC(C)C(Br)C(=O)Nc1ccc2nccnc2c1. The van der Waals surface area contributed by atoms with Crippen molar-refractivity contribution in [1.29, 1.82) is 0 Å². The molecule has 1 N–H and O–H groups in total. The Morgan fingerprint density at radius 3 is 2.56 bits per heavy atom. The van der Waals surface area contributed by atoms with Crippen LogP contribution in [0.2, 0.25) is 0 Å². The van der Waals surface area contributed by atoms with Gasteiger partial charge in [0.2, 0.25) is 5.91 Å². The highest BCUT2D eigenvalue weighted by atomic mass is 79.9. The van der Waals surface area contributed by atoms with Gasteiger partial charge in [-0.25, -0.2) is 0 Å². The number of alkyl halides is 1. The molecular formula is C13H14BrN3O. The number of carbonyl (C=O) groups is 1. The first kappa shape index (κ1) is 13.0. The summed E-state index contributed by atoms with van der Waals surface area (Å²) in [5, 5.41) is 2.86. The van der Waals surface area contributed by atoms with E-state index in [4.69, 9.17) is 0 Å². The average Bonchev–Trinajstić information content (AvgIpc) is 2.37. The quantitative estimate of drug-likeness (QED) is 0.887. The van der Waals surface area contributed by atoms with Crippen LogP contribution in [-0.2, 0) is 4.79 Å². The number of nitrogens with one attached hydrogen (secondary N) is 1. The molecule has 0 fully saturated rings. The van der Waals surface area contributed by atoms with Crippen molar-refractivity contribution in [3.8, 4) is 0 Å². The van der Waals surface area contributed by atoms with Crippen LogP contribution in [0.5, 0.6) is 0 Å². The highest BCUT2D eigenvalue weighted by Crippen LogP contribution is 2.18. The van der Waals surface area contributed by atoms with Crippen LogP contribution in [-0.4, -0.2) is 20.7 Å². The topological polar surface area (TPSA) is 54.9 Å². The van der Waals surface area contributed by atoms with Crippen LogP contribution in [0.3, 0.4) is 0 Å². The Hall–Kier alpha value is -1.49. The molecule has 0 radical (unpaired) electrons. The van der Waals surface area contributed by atoms with E-state index in [1.165, 1.54) is 0 Å². The van der Waals surface area contributed by atoms with E-state index < -0.39 is 0 Å². The molecule has 5 heteroatoms. The molecule has 0 aliphatic rings. The lowest BCUT2D eigenvalue weighted by Gasteiger charge is -2.13. The van der Waals surface area contributed by atoms with Crippen molar-refractivity contribution in [1.82, 2.24) is 9.97 Å². The Labute approximate surface area is 114 Å². The Balaban J connectivity index is 2.19. The molecule has 4 nitrogen and oxygen atoms in total. The first-order valence-corrected chi connectivity index (χ1v) is 6.65. The molecule has 1 aromatic carbocycles. The van der Waals surface area contributed by atoms with E-state index in [1.54, 1.807) is 12.4 Å². The summed E-state index contributed by atoms with van der Waals surface area (Å²) >= 11 is 3.37. The number of nitrogens with zero attached hydrogens (tertiary/aromatic N) is 2. The standard InChI is InChI=1S/C13H14BrN3O/c1-8(2)12(14)13(18)17-9-3-4-10-11(7-9)16-6-5-15-10/h3-8,12H,1-2H3,(H,17,18). The second-order valence-corrected chi connectivity index (χ2v) is 5.38. The summed E-state index contributed by atoms with van der Waals surface area (Å²) in [6.07, 6.45) is 3.28. The van der Waals surface area contributed by atoms with Gasteiger partial charge in [0, 0.05) is 18.1 Å². The number of aromatic nitrogens is 2. The van der Waals surface area contributed by atoms with Crippen LogP contribution in [0.25, 0.3) is 11.0 Å². The van der Waals surface area contributed by atoms with Crippen LogP contribution in [0.15, 0.2) is 30.6 Å². The zero-order valence-corrected chi connectivity index (χ0v) is 11.8. The van der Waals surface area contributed by atoms with Crippen molar-refractivity contribution in [2.75, 3.05) is 5.32 Å². The highest BCUT2D eigenvalue weighted by Gasteiger charge is 2.18. The lowest BCUT2D eigenvalue weighted by molar-refractivity contribution is -0.116. The van der Waals surface area contributed by atoms with Crippen molar-refractivity contribution < 1.29 is 4.79 Å². The monoisotopic (exact) mass is 307 g/mol. The summed E-state index contributed by atoms with van der Waals surface area (Å²) in [4.78, 5) is 20.1. The van der Waals surface area contributed by atoms with Crippen molar-refractivity contribution in [3.63, 3.8) is 0 Å². The minimum atomic E-state index is -0.199. The molecule has 0 aliphatic carbocycles. The fraction of sp³-hybridized carbons (Fsp3) is 0.308. The first-order chi connectivity index (χ1) is 8.58. The van der Waals surface area contributed by atoms with Crippen molar-refractivity contribution in [2.45, 2.75) is 18.7 Å². The Kier molecular flexibility index (Phi) is 3.91. The van der Waals surface area contributed by atoms with Gasteiger partial charge in [-0.1, -0.05) is 29.8 Å². The number of benzene rings is 1. The number of hydrogen-bond donors (Lipinski definition) is 1. The van der Waals surface area contributed by atoms with E-state index in [9.17, 15) is 4.79 Å². The summed E-state index contributed by atoms with van der Waals surface area (Å²) in [5.74, 6) is 0.193. The van der Waals surface area contributed by atoms with E-state index in [0.717, 1.165) is 16.7 Å². The van der Waals surface area contributed by atoms with Crippen molar-refractivity contribution >= 4 is 38.6 Å². The summed E-state index contributed by atoms with van der Waals surface area (Å²) in [7, 11) is 0. The molecule has 0 spiro atoms. The molecule has 1 aromatic heterocycles. The van der Waals surface area contributed by atoms with E-state index in [-0.39, 0.29) is 16.7 Å². The van der Waals surface area contributed by atoms with Gasteiger partial charge in [-0.3, -0.25) is 14.8 Å². The molecule has 0 saturated carbocycles. The van der Waals surface area contributed by atoms with Gasteiger partial charge in [-0.15, -0.1) is 0 Å². The molecule has 94 valence electrons. The second-order valence-electron chi connectivity index (χ2n) is 4.39. The molecular weight excluding hydrogens is 294 g/mol. The van der Waals surface area contributed by atoms with Crippen LogP contribution in [0.4, 0.5) is 5.69 Å². The molecule has 0 aliphatic heterocycles. The number of carbonyl (C=O) groups excluding carboxylic acids is 1. The number of amides is 1. The predicted octanol–water partition coefficient (Wildman–Crippen LogP) is 2.99. The van der Waals surface area contributed by atoms with Gasteiger partial charge in [0.25, 0.3) is 0 Å². The molecule has 2 rings (SSSR count). The number of anilines is 1. The van der Waals surface area contributed by atoms with Crippen LogP contribution >= 0.6 is 15.9 Å². The zero-order chi connectivity index (χ0) is 13.1. The van der Waals surface area contributed by atoms with Gasteiger partial charge < -0.3 is 5.32 Å². The maximum Gasteiger partial charge on any atom is 0.238 e. The molecule has 2 aromatic rings. The number of rotatable bonds is 3. The van der Waals surface area contributed by atoms with Crippen LogP contribution in [0.1, 0.15) is 13.8 Å². The van der Waals surface area contributed by atoms with E-state index in [0.29, 0.717) is 0 Å². The van der Waals surface area contributed by atoms with Gasteiger partial charge in [-0.05, 0) is 24.1 Å². The normalized spacial score (nSPS) is 12.7. The molecule has 1 unspecified atom stereocenters. The van der Waals surface area contributed by atoms with Crippen molar-refractivity contribution in [2.24, 2.45) is 5.92 Å². The fourth-order valence-corrected chi connectivity index (χ4v) is 1.67. The van der Waals surface area contributed by atoms with E-state index in [1.807, 2.05) is 32.0 Å².